The molecule has 0 bridgehead atoms. The summed E-state index contributed by atoms with van der Waals surface area (Å²) in [4.78, 5) is 19.9. The summed E-state index contributed by atoms with van der Waals surface area (Å²) >= 11 is 0. The number of carboxylic acids is 2. The predicted molar refractivity (Wildman–Crippen MR) is 72.8 cm³/mol. The fourth-order valence-electron chi connectivity index (χ4n) is 1.41. The second-order valence-electron chi connectivity index (χ2n) is 4.41. The van der Waals surface area contributed by atoms with Crippen LogP contribution in [0.5, 0.6) is 0 Å². The first-order chi connectivity index (χ1) is 8.54. The summed E-state index contributed by atoms with van der Waals surface area (Å²) in [6.45, 7) is 4.22. The van der Waals surface area contributed by atoms with Gasteiger partial charge in [0.05, 0.1) is 0 Å². The van der Waals surface area contributed by atoms with E-state index in [2.05, 4.69) is 13.8 Å². The van der Waals surface area contributed by atoms with E-state index in [0.717, 1.165) is 38.5 Å². The zero-order valence-corrected chi connectivity index (χ0v) is 15.5. The first-order valence-corrected chi connectivity index (χ1v) is 6.98. The van der Waals surface area contributed by atoms with Crippen molar-refractivity contribution in [2.24, 2.45) is 0 Å². The van der Waals surface area contributed by atoms with Gasteiger partial charge in [0.2, 0.25) is 0 Å². The van der Waals surface area contributed by atoms with Crippen molar-refractivity contribution in [3.05, 3.63) is 0 Å². The van der Waals surface area contributed by atoms with Crippen LogP contribution < -0.4 is 0 Å². The molecular weight excluding hydrogens is 298 g/mol. The number of carbonyl (C=O) groups is 2. The van der Waals surface area contributed by atoms with Gasteiger partial charge in [-0.15, -0.1) is 0 Å². The van der Waals surface area contributed by atoms with Gasteiger partial charge in [0.25, 0.3) is 0 Å². The van der Waals surface area contributed by atoms with Gasteiger partial charge in [-0.2, -0.15) is 0 Å². The van der Waals surface area contributed by atoms with Gasteiger partial charge in [0.15, 0.2) is 0 Å². The number of aliphatic carboxylic acids is 2. The summed E-state index contributed by atoms with van der Waals surface area (Å²) in [5.74, 6) is -1.35. The van der Waals surface area contributed by atoms with E-state index in [1.807, 2.05) is 0 Å². The average Bonchev–Trinajstić information content (AvgIpc) is 2.31. The Kier molecular flexibility index (Phi) is 24.8. The molecule has 0 aromatic rings. The largest absolute Gasteiger partial charge is 0.481 e. The zero-order chi connectivity index (χ0) is 14.2. The van der Waals surface area contributed by atoms with Crippen molar-refractivity contribution in [1.82, 2.24) is 0 Å². The molecule has 0 spiro atoms. The van der Waals surface area contributed by atoms with E-state index < -0.39 is 11.9 Å². The zero-order valence-electron chi connectivity index (χ0n) is 12.5. The van der Waals surface area contributed by atoms with Crippen LogP contribution in [-0.4, -0.2) is 22.2 Å². The Hall–Kier alpha value is -0.437. The first kappa shape index (κ1) is 23.6. The third-order valence-electron chi connectivity index (χ3n) is 2.49. The smallest absolute Gasteiger partial charge is 0.303 e. The van der Waals surface area contributed by atoms with Crippen molar-refractivity contribution in [3.8, 4) is 0 Å². The Balaban J connectivity index is -0.000000256. The molecule has 0 aliphatic heterocycles. The summed E-state index contributed by atoms with van der Waals surface area (Å²) < 4.78 is 0. The Morgan fingerprint density at radius 3 is 1.21 bits per heavy atom. The molecule has 110 valence electrons. The fraction of sp³-hybridized carbons (Fsp3) is 0.857. The van der Waals surface area contributed by atoms with Gasteiger partial charge in [-0.05, 0) is 12.8 Å². The topological polar surface area (TPSA) is 74.6 Å². The van der Waals surface area contributed by atoms with Crippen molar-refractivity contribution < 1.29 is 39.3 Å². The van der Waals surface area contributed by atoms with E-state index in [0.29, 0.717) is 12.8 Å². The minimum absolute atomic E-state index is 0. The molecule has 0 aromatic heterocycles. The van der Waals surface area contributed by atoms with E-state index in [4.69, 9.17) is 10.2 Å². The van der Waals surface area contributed by atoms with Crippen LogP contribution in [0.3, 0.4) is 0 Å². The standard InChI is InChI=1S/2C7H14O2.Zn/c2*1-2-3-4-5-6-7(8)9;/h2*2-6H2,1H3,(H,8,9);. The molecule has 0 aromatic carbocycles. The molecule has 0 saturated heterocycles. The number of rotatable bonds is 10. The monoisotopic (exact) mass is 324 g/mol. The van der Waals surface area contributed by atoms with Crippen molar-refractivity contribution in [2.45, 2.75) is 78.1 Å². The van der Waals surface area contributed by atoms with E-state index in [9.17, 15) is 9.59 Å². The molecule has 0 rings (SSSR count). The van der Waals surface area contributed by atoms with Gasteiger partial charge in [0, 0.05) is 32.3 Å². The Morgan fingerprint density at radius 1 is 0.684 bits per heavy atom. The van der Waals surface area contributed by atoms with E-state index in [1.165, 1.54) is 12.8 Å². The van der Waals surface area contributed by atoms with Gasteiger partial charge >= 0.3 is 11.9 Å². The van der Waals surface area contributed by atoms with Crippen LogP contribution in [0.2, 0.25) is 0 Å². The number of carboxylic acid groups (broad SMARTS) is 2. The normalized spacial score (nSPS) is 8.95. The van der Waals surface area contributed by atoms with Gasteiger partial charge in [-0.25, -0.2) is 0 Å². The van der Waals surface area contributed by atoms with E-state index in [-0.39, 0.29) is 19.5 Å². The van der Waals surface area contributed by atoms with Crippen LogP contribution in [0, 0.1) is 0 Å². The molecule has 0 aliphatic rings. The van der Waals surface area contributed by atoms with Crippen molar-refractivity contribution in [2.75, 3.05) is 0 Å². The average molecular weight is 326 g/mol. The number of hydrogen-bond acceptors (Lipinski definition) is 2. The van der Waals surface area contributed by atoms with Crippen LogP contribution in [0.25, 0.3) is 0 Å². The molecule has 0 saturated carbocycles. The SMILES string of the molecule is CCCCCCC(=O)O.CCCCCCC(=O)O.[Zn]. The summed E-state index contributed by atoms with van der Waals surface area (Å²) in [6, 6.07) is 0. The summed E-state index contributed by atoms with van der Waals surface area (Å²) in [5, 5.41) is 16.4. The summed E-state index contributed by atoms with van der Waals surface area (Å²) in [5.41, 5.74) is 0. The van der Waals surface area contributed by atoms with Crippen LogP contribution in [0.4, 0.5) is 0 Å². The van der Waals surface area contributed by atoms with Gasteiger partial charge in [-0.3, -0.25) is 9.59 Å². The maximum Gasteiger partial charge on any atom is 0.303 e. The van der Waals surface area contributed by atoms with Crippen LogP contribution in [-0.2, 0) is 29.1 Å². The third-order valence-corrected chi connectivity index (χ3v) is 2.49. The maximum absolute atomic E-state index is 9.96. The number of hydrogen-bond donors (Lipinski definition) is 2. The predicted octanol–water partition coefficient (Wildman–Crippen LogP) is 4.08. The summed E-state index contributed by atoms with van der Waals surface area (Å²) in [7, 11) is 0. The molecule has 0 atom stereocenters. The molecule has 0 amide bonds. The molecule has 0 radical (unpaired) electrons. The second-order valence-corrected chi connectivity index (χ2v) is 4.41. The quantitative estimate of drug-likeness (QED) is 0.469. The summed E-state index contributed by atoms with van der Waals surface area (Å²) in [6.07, 6.45) is 9.11. The molecule has 0 unspecified atom stereocenters. The second kappa shape index (κ2) is 19.9. The van der Waals surface area contributed by atoms with Crippen LogP contribution in [0.15, 0.2) is 0 Å². The van der Waals surface area contributed by atoms with Gasteiger partial charge in [0.1, 0.15) is 0 Å². The van der Waals surface area contributed by atoms with E-state index >= 15 is 0 Å². The fourth-order valence-corrected chi connectivity index (χ4v) is 1.41. The molecule has 0 aliphatic carbocycles. The number of unbranched alkanes of at least 4 members (excludes halogenated alkanes) is 6. The molecule has 19 heavy (non-hydrogen) atoms. The molecule has 2 N–H and O–H groups in total. The van der Waals surface area contributed by atoms with Gasteiger partial charge < -0.3 is 10.2 Å². The molecule has 5 heteroatoms. The first-order valence-electron chi connectivity index (χ1n) is 6.98. The van der Waals surface area contributed by atoms with Crippen LogP contribution in [0.1, 0.15) is 78.1 Å². The van der Waals surface area contributed by atoms with Crippen molar-refractivity contribution in [3.63, 3.8) is 0 Å². The molecule has 0 fully saturated rings. The molecule has 4 nitrogen and oxygen atoms in total. The van der Waals surface area contributed by atoms with E-state index in [1.54, 1.807) is 0 Å². The van der Waals surface area contributed by atoms with Crippen LogP contribution >= 0.6 is 0 Å². The van der Waals surface area contributed by atoms with Crippen molar-refractivity contribution in [1.29, 1.82) is 0 Å². The third kappa shape index (κ3) is 31.8. The molecular formula is C14H28O4Zn. The Bertz CT molecular complexity index is 186. The van der Waals surface area contributed by atoms with Gasteiger partial charge in [-0.1, -0.05) is 52.4 Å². The minimum Gasteiger partial charge on any atom is -0.481 e. The molecule has 0 heterocycles. The van der Waals surface area contributed by atoms with Crippen molar-refractivity contribution >= 4 is 11.9 Å². The maximum atomic E-state index is 9.96. The Morgan fingerprint density at radius 2 is 1.00 bits per heavy atom. The minimum atomic E-state index is -0.675. The Labute approximate surface area is 129 Å².